The zero-order valence-corrected chi connectivity index (χ0v) is 15.0. The molecule has 7 heteroatoms. The van der Waals surface area contributed by atoms with Crippen molar-refractivity contribution in [3.8, 4) is 17.3 Å². The van der Waals surface area contributed by atoms with Gasteiger partial charge in [-0.2, -0.15) is 10.4 Å². The molecule has 0 spiro atoms. The molecule has 1 aromatic carbocycles. The Labute approximate surface area is 155 Å². The van der Waals surface area contributed by atoms with E-state index in [4.69, 9.17) is 0 Å². The number of benzene rings is 1. The maximum Gasteiger partial charge on any atom is 0.271 e. The van der Waals surface area contributed by atoms with Crippen LogP contribution < -0.4 is 5.32 Å². The Morgan fingerprint density at radius 1 is 1.44 bits per heavy atom. The second kappa shape index (κ2) is 6.47. The third kappa shape index (κ3) is 3.04. The maximum atomic E-state index is 14.0. The zero-order chi connectivity index (χ0) is 19.1. The van der Waals surface area contributed by atoms with Crippen LogP contribution >= 0.6 is 0 Å². The molecule has 1 aliphatic carbocycles. The van der Waals surface area contributed by atoms with Crippen LogP contribution in [-0.2, 0) is 0 Å². The average Bonchev–Trinajstić information content (AvgIpc) is 3.40. The summed E-state index contributed by atoms with van der Waals surface area (Å²) in [5, 5.41) is 16.8. The molecule has 3 aromatic rings. The molecule has 136 valence electrons. The third-order valence-electron chi connectivity index (χ3n) is 4.97. The van der Waals surface area contributed by atoms with Gasteiger partial charge in [0.25, 0.3) is 5.91 Å². The Balaban J connectivity index is 1.80. The number of halogens is 1. The van der Waals surface area contributed by atoms with Gasteiger partial charge in [-0.1, -0.05) is 12.1 Å². The van der Waals surface area contributed by atoms with Gasteiger partial charge in [-0.3, -0.25) is 4.79 Å². The number of nitrogens with one attached hydrogen (secondary N) is 1. The predicted molar refractivity (Wildman–Crippen MR) is 97.5 cm³/mol. The molecule has 1 saturated carbocycles. The highest BCUT2D eigenvalue weighted by Crippen LogP contribution is 2.32. The molecule has 1 aliphatic rings. The number of hydrogen-bond donors (Lipinski definition) is 1. The van der Waals surface area contributed by atoms with Crippen LogP contribution in [0.2, 0.25) is 0 Å². The first-order valence-electron chi connectivity index (χ1n) is 8.85. The number of carbonyl (C=O) groups is 1. The monoisotopic (exact) mass is 363 g/mol. The van der Waals surface area contributed by atoms with Crippen LogP contribution in [-0.4, -0.2) is 26.5 Å². The van der Waals surface area contributed by atoms with Gasteiger partial charge < -0.3 is 5.32 Å². The topological polar surface area (TPSA) is 83.1 Å². The zero-order valence-electron chi connectivity index (χ0n) is 15.0. The molecule has 6 nitrogen and oxygen atoms in total. The van der Waals surface area contributed by atoms with E-state index in [1.165, 1.54) is 22.8 Å². The fraction of sp³-hybridized carbons (Fsp3) is 0.300. The number of hydrogen-bond acceptors (Lipinski definition) is 4. The lowest BCUT2D eigenvalue weighted by atomic mass is 10.0. The van der Waals surface area contributed by atoms with Gasteiger partial charge in [-0.05, 0) is 50.3 Å². The number of aryl methyl sites for hydroxylation is 1. The number of nitrogens with zero attached hydrogens (tertiary/aromatic N) is 4. The van der Waals surface area contributed by atoms with Crippen molar-refractivity contribution < 1.29 is 9.18 Å². The molecule has 1 amide bonds. The largest absolute Gasteiger partial charge is 0.348 e. The predicted octanol–water partition coefficient (Wildman–Crippen LogP) is 3.24. The molecule has 2 heterocycles. The summed E-state index contributed by atoms with van der Waals surface area (Å²) in [4.78, 5) is 17.0. The fourth-order valence-electron chi connectivity index (χ4n) is 3.25. The lowest BCUT2D eigenvalue weighted by molar-refractivity contribution is 0.0928. The lowest BCUT2D eigenvalue weighted by Crippen LogP contribution is -2.34. The Hall–Kier alpha value is -3.27. The molecule has 27 heavy (non-hydrogen) atoms. The van der Waals surface area contributed by atoms with E-state index in [1.807, 2.05) is 19.9 Å². The molecular weight excluding hydrogens is 345 g/mol. The van der Waals surface area contributed by atoms with E-state index >= 15 is 0 Å². The number of nitriles is 1. The number of rotatable bonds is 4. The molecule has 0 saturated heterocycles. The minimum Gasteiger partial charge on any atom is -0.348 e. The number of imidazole rings is 1. The Bertz CT molecular complexity index is 1090. The van der Waals surface area contributed by atoms with Crippen molar-refractivity contribution in [2.75, 3.05) is 0 Å². The fourth-order valence-corrected chi connectivity index (χ4v) is 3.25. The summed E-state index contributed by atoms with van der Waals surface area (Å²) in [5.74, 6) is -0.314. The summed E-state index contributed by atoms with van der Waals surface area (Å²) >= 11 is 0. The van der Waals surface area contributed by atoms with Gasteiger partial charge in [-0.15, -0.1) is 0 Å². The van der Waals surface area contributed by atoms with Crippen LogP contribution in [0.4, 0.5) is 4.39 Å². The van der Waals surface area contributed by atoms with E-state index < -0.39 is 5.82 Å². The van der Waals surface area contributed by atoms with Crippen LogP contribution in [0.25, 0.3) is 16.9 Å². The first-order valence-corrected chi connectivity index (χ1v) is 8.85. The van der Waals surface area contributed by atoms with Gasteiger partial charge in [0.05, 0.1) is 17.5 Å². The second-order valence-corrected chi connectivity index (χ2v) is 6.97. The number of amides is 1. The van der Waals surface area contributed by atoms with E-state index in [-0.39, 0.29) is 17.5 Å². The first-order chi connectivity index (χ1) is 13.0. The Morgan fingerprint density at radius 2 is 2.22 bits per heavy atom. The Kier molecular flexibility index (Phi) is 4.11. The van der Waals surface area contributed by atoms with E-state index in [2.05, 4.69) is 15.4 Å². The highest BCUT2D eigenvalue weighted by Gasteiger charge is 2.30. The summed E-state index contributed by atoms with van der Waals surface area (Å²) < 4.78 is 15.5. The van der Waals surface area contributed by atoms with E-state index in [9.17, 15) is 14.4 Å². The SMILES string of the molecule is Cc1cc(-c2cccc(F)c2C#N)nn2c(C(=O)NC(C)C3CC3)cnc12. The van der Waals surface area contributed by atoms with Gasteiger partial charge in [0.1, 0.15) is 11.9 Å². The van der Waals surface area contributed by atoms with Gasteiger partial charge in [0.15, 0.2) is 11.3 Å². The number of carbonyl (C=O) groups excluding carboxylic acids is 1. The quantitative estimate of drug-likeness (QED) is 0.771. The second-order valence-electron chi connectivity index (χ2n) is 6.97. The van der Waals surface area contributed by atoms with Crippen LogP contribution in [0.15, 0.2) is 30.5 Å². The smallest absolute Gasteiger partial charge is 0.271 e. The lowest BCUT2D eigenvalue weighted by Gasteiger charge is -2.12. The molecule has 2 aromatic heterocycles. The maximum absolute atomic E-state index is 14.0. The van der Waals surface area contributed by atoms with Crippen molar-refractivity contribution in [1.82, 2.24) is 19.9 Å². The van der Waals surface area contributed by atoms with Crippen molar-refractivity contribution in [3.05, 3.63) is 53.1 Å². The highest BCUT2D eigenvalue weighted by atomic mass is 19.1. The molecule has 0 bridgehead atoms. The molecule has 1 atom stereocenters. The summed E-state index contributed by atoms with van der Waals surface area (Å²) in [6, 6.07) is 8.14. The minimum atomic E-state index is -0.601. The molecular formula is C20H18FN5O. The van der Waals surface area contributed by atoms with Gasteiger partial charge in [0.2, 0.25) is 0 Å². The van der Waals surface area contributed by atoms with Gasteiger partial charge in [0, 0.05) is 11.6 Å². The number of fused-ring (bicyclic) bond motifs is 1. The summed E-state index contributed by atoms with van der Waals surface area (Å²) in [7, 11) is 0. The first kappa shape index (κ1) is 17.2. The van der Waals surface area contributed by atoms with Crippen LogP contribution in [0.3, 0.4) is 0 Å². The molecule has 4 rings (SSSR count). The normalized spacial score (nSPS) is 14.7. The van der Waals surface area contributed by atoms with Gasteiger partial charge >= 0.3 is 0 Å². The van der Waals surface area contributed by atoms with Crippen molar-refractivity contribution >= 4 is 11.6 Å². The average molecular weight is 363 g/mol. The standard InChI is InChI=1S/C20H18FN5O/c1-11-8-17(14-4-3-5-16(21)15(14)9-22)25-26-18(10-23-19(11)26)20(27)24-12(2)13-6-7-13/h3-5,8,10,12-13H,6-7H2,1-2H3,(H,24,27). The summed E-state index contributed by atoms with van der Waals surface area (Å²) in [6.07, 6.45) is 3.75. The molecule has 1 unspecified atom stereocenters. The third-order valence-corrected chi connectivity index (χ3v) is 4.97. The van der Waals surface area contributed by atoms with Crippen molar-refractivity contribution in [1.29, 1.82) is 5.26 Å². The van der Waals surface area contributed by atoms with E-state index in [0.29, 0.717) is 28.5 Å². The molecule has 1 N–H and O–H groups in total. The summed E-state index contributed by atoms with van der Waals surface area (Å²) in [6.45, 7) is 3.84. The molecule has 0 aliphatic heterocycles. The van der Waals surface area contributed by atoms with Crippen molar-refractivity contribution in [2.24, 2.45) is 5.92 Å². The van der Waals surface area contributed by atoms with Crippen LogP contribution in [0.5, 0.6) is 0 Å². The van der Waals surface area contributed by atoms with Gasteiger partial charge in [-0.25, -0.2) is 13.9 Å². The van der Waals surface area contributed by atoms with Crippen LogP contribution in [0, 0.1) is 30.0 Å². The minimum absolute atomic E-state index is 0.0720. The highest BCUT2D eigenvalue weighted by molar-refractivity contribution is 5.93. The van der Waals surface area contributed by atoms with E-state index in [0.717, 1.165) is 18.4 Å². The summed E-state index contributed by atoms with van der Waals surface area (Å²) in [5.41, 5.74) is 2.38. The Morgan fingerprint density at radius 3 is 2.93 bits per heavy atom. The van der Waals surface area contributed by atoms with Crippen molar-refractivity contribution in [3.63, 3.8) is 0 Å². The number of aromatic nitrogens is 3. The molecule has 0 radical (unpaired) electrons. The molecule has 1 fully saturated rings. The van der Waals surface area contributed by atoms with E-state index in [1.54, 1.807) is 12.1 Å². The van der Waals surface area contributed by atoms with Crippen molar-refractivity contribution in [2.45, 2.75) is 32.7 Å². The van der Waals surface area contributed by atoms with Crippen LogP contribution in [0.1, 0.15) is 41.4 Å².